The summed E-state index contributed by atoms with van der Waals surface area (Å²) in [6.07, 6.45) is 1.73. The van der Waals surface area contributed by atoms with Gasteiger partial charge < -0.3 is 9.67 Å². The van der Waals surface area contributed by atoms with E-state index in [0.29, 0.717) is 5.56 Å². The van der Waals surface area contributed by atoms with Crippen LogP contribution in [0.1, 0.15) is 16.7 Å². The lowest BCUT2D eigenvalue weighted by Gasteiger charge is -2.09. The van der Waals surface area contributed by atoms with Crippen molar-refractivity contribution in [1.29, 1.82) is 0 Å². The quantitative estimate of drug-likeness (QED) is 0.793. The molecule has 3 aromatic rings. The second kappa shape index (κ2) is 5.83. The largest absolute Gasteiger partial charge is 0.481 e. The fraction of sp³-hybridized carbons (Fsp3) is 0.167. The van der Waals surface area contributed by atoms with E-state index in [9.17, 15) is 13.6 Å². The van der Waals surface area contributed by atoms with Gasteiger partial charge in [0, 0.05) is 22.7 Å². The van der Waals surface area contributed by atoms with Gasteiger partial charge in [0.15, 0.2) is 0 Å². The molecule has 1 aromatic heterocycles. The van der Waals surface area contributed by atoms with Crippen molar-refractivity contribution in [2.45, 2.75) is 19.9 Å². The van der Waals surface area contributed by atoms with Crippen molar-refractivity contribution in [2.24, 2.45) is 0 Å². The summed E-state index contributed by atoms with van der Waals surface area (Å²) in [6, 6.07) is 9.15. The van der Waals surface area contributed by atoms with Gasteiger partial charge in [0.2, 0.25) is 0 Å². The molecular formula is C18H15F2NO2. The molecule has 23 heavy (non-hydrogen) atoms. The molecule has 1 N–H and O–H groups in total. The van der Waals surface area contributed by atoms with E-state index in [1.54, 1.807) is 16.7 Å². The fourth-order valence-electron chi connectivity index (χ4n) is 2.79. The van der Waals surface area contributed by atoms with Gasteiger partial charge in [0.1, 0.15) is 11.6 Å². The van der Waals surface area contributed by atoms with Crippen LogP contribution in [0, 0.1) is 18.6 Å². The first-order chi connectivity index (χ1) is 11.0. The number of fused-ring (bicyclic) bond motifs is 1. The van der Waals surface area contributed by atoms with Gasteiger partial charge in [-0.15, -0.1) is 0 Å². The minimum Gasteiger partial charge on any atom is -0.481 e. The Morgan fingerprint density at radius 1 is 1.17 bits per heavy atom. The maximum atomic E-state index is 13.9. The number of rotatable bonds is 4. The van der Waals surface area contributed by atoms with Crippen molar-refractivity contribution < 1.29 is 18.7 Å². The first-order valence-electron chi connectivity index (χ1n) is 7.19. The number of aromatic nitrogens is 1. The normalized spacial score (nSPS) is 11.1. The second-order valence-corrected chi connectivity index (χ2v) is 5.56. The zero-order valence-corrected chi connectivity index (χ0v) is 12.5. The number of hydrogen-bond donors (Lipinski definition) is 1. The van der Waals surface area contributed by atoms with Gasteiger partial charge in [-0.1, -0.05) is 18.2 Å². The number of aryl methyl sites for hydroxylation is 1. The van der Waals surface area contributed by atoms with Gasteiger partial charge in [0.05, 0.1) is 13.0 Å². The highest BCUT2D eigenvalue weighted by molar-refractivity contribution is 5.85. The number of nitrogens with zero attached hydrogens (tertiary/aromatic N) is 1. The molecule has 0 fully saturated rings. The lowest BCUT2D eigenvalue weighted by molar-refractivity contribution is -0.136. The summed E-state index contributed by atoms with van der Waals surface area (Å²) in [5.41, 5.74) is 2.38. The maximum Gasteiger partial charge on any atom is 0.307 e. The molecule has 0 unspecified atom stereocenters. The topological polar surface area (TPSA) is 42.2 Å². The molecule has 0 radical (unpaired) electrons. The number of halogens is 2. The predicted molar refractivity (Wildman–Crippen MR) is 83.5 cm³/mol. The van der Waals surface area contributed by atoms with Gasteiger partial charge in [0.25, 0.3) is 0 Å². The molecule has 0 spiro atoms. The Balaban J connectivity index is 2.08. The Morgan fingerprint density at radius 2 is 1.87 bits per heavy atom. The fourth-order valence-corrected chi connectivity index (χ4v) is 2.79. The minimum atomic E-state index is -0.917. The van der Waals surface area contributed by atoms with Crippen LogP contribution in [0.2, 0.25) is 0 Å². The zero-order valence-electron chi connectivity index (χ0n) is 12.5. The standard InChI is InChI=1S/C18H15F2NO2/c1-11-9-21(10-14-15(19)3-2-4-16(14)20)17-7-12(8-18(22)23)5-6-13(11)17/h2-7,9H,8,10H2,1H3,(H,22,23). The van der Waals surface area contributed by atoms with Gasteiger partial charge in [-0.05, 0) is 36.2 Å². The molecule has 2 aromatic carbocycles. The van der Waals surface area contributed by atoms with E-state index < -0.39 is 17.6 Å². The van der Waals surface area contributed by atoms with Crippen LogP contribution in [0.25, 0.3) is 10.9 Å². The third kappa shape index (κ3) is 2.95. The van der Waals surface area contributed by atoms with Crippen molar-refractivity contribution in [3.63, 3.8) is 0 Å². The summed E-state index contributed by atoms with van der Waals surface area (Å²) >= 11 is 0. The Morgan fingerprint density at radius 3 is 2.52 bits per heavy atom. The Labute approximate surface area is 131 Å². The van der Waals surface area contributed by atoms with Crippen LogP contribution < -0.4 is 0 Å². The predicted octanol–water partition coefficient (Wildman–Crippen LogP) is 3.90. The van der Waals surface area contributed by atoms with Crippen LogP contribution in [-0.4, -0.2) is 15.6 Å². The molecule has 5 heteroatoms. The lowest BCUT2D eigenvalue weighted by Crippen LogP contribution is -2.04. The van der Waals surface area contributed by atoms with Crippen LogP contribution >= 0.6 is 0 Å². The summed E-state index contributed by atoms with van der Waals surface area (Å²) in [4.78, 5) is 10.9. The number of carbonyl (C=O) groups is 1. The van der Waals surface area contributed by atoms with Crippen LogP contribution in [0.3, 0.4) is 0 Å². The minimum absolute atomic E-state index is 0.00645. The van der Waals surface area contributed by atoms with Crippen LogP contribution in [0.5, 0.6) is 0 Å². The first kappa shape index (κ1) is 15.2. The SMILES string of the molecule is Cc1cn(Cc2c(F)cccc2F)c2cc(CC(=O)O)ccc12. The molecule has 0 aliphatic heterocycles. The van der Waals surface area contributed by atoms with E-state index in [0.717, 1.165) is 16.5 Å². The van der Waals surface area contributed by atoms with E-state index >= 15 is 0 Å². The smallest absolute Gasteiger partial charge is 0.307 e. The molecule has 0 aliphatic carbocycles. The number of benzene rings is 2. The van der Waals surface area contributed by atoms with Gasteiger partial charge in [-0.3, -0.25) is 4.79 Å². The molecule has 0 amide bonds. The van der Waals surface area contributed by atoms with E-state index in [2.05, 4.69) is 0 Å². The molecule has 0 saturated heterocycles. The Kier molecular flexibility index (Phi) is 3.86. The average Bonchev–Trinajstić information content (AvgIpc) is 2.78. The van der Waals surface area contributed by atoms with E-state index in [-0.39, 0.29) is 18.5 Å². The van der Waals surface area contributed by atoms with Crippen molar-refractivity contribution >= 4 is 16.9 Å². The zero-order chi connectivity index (χ0) is 16.6. The first-order valence-corrected chi connectivity index (χ1v) is 7.19. The second-order valence-electron chi connectivity index (χ2n) is 5.56. The number of hydrogen-bond acceptors (Lipinski definition) is 1. The molecule has 1 heterocycles. The van der Waals surface area contributed by atoms with E-state index in [1.807, 2.05) is 19.2 Å². The highest BCUT2D eigenvalue weighted by atomic mass is 19.1. The molecular weight excluding hydrogens is 300 g/mol. The van der Waals surface area contributed by atoms with E-state index in [4.69, 9.17) is 5.11 Å². The monoisotopic (exact) mass is 315 g/mol. The third-order valence-corrected chi connectivity index (χ3v) is 3.89. The molecule has 3 rings (SSSR count). The summed E-state index contributed by atoms with van der Waals surface area (Å²) in [6.45, 7) is 1.97. The van der Waals surface area contributed by atoms with Crippen molar-refractivity contribution in [3.05, 3.63) is 70.9 Å². The van der Waals surface area contributed by atoms with Crippen molar-refractivity contribution in [1.82, 2.24) is 4.57 Å². The third-order valence-electron chi connectivity index (χ3n) is 3.89. The number of aliphatic carboxylic acids is 1. The van der Waals surface area contributed by atoms with Crippen LogP contribution in [0.4, 0.5) is 8.78 Å². The number of carboxylic acid groups (broad SMARTS) is 1. The van der Waals surface area contributed by atoms with E-state index in [1.165, 1.54) is 18.2 Å². The molecule has 0 atom stereocenters. The van der Waals surface area contributed by atoms with Crippen molar-refractivity contribution in [2.75, 3.05) is 0 Å². The average molecular weight is 315 g/mol. The molecule has 3 nitrogen and oxygen atoms in total. The summed E-state index contributed by atoms with van der Waals surface area (Å²) in [7, 11) is 0. The highest BCUT2D eigenvalue weighted by Gasteiger charge is 2.13. The molecule has 0 aliphatic rings. The molecule has 118 valence electrons. The molecule has 0 bridgehead atoms. The lowest BCUT2D eigenvalue weighted by atomic mass is 10.1. The maximum absolute atomic E-state index is 13.9. The van der Waals surface area contributed by atoms with Gasteiger partial charge in [-0.2, -0.15) is 0 Å². The number of carboxylic acids is 1. The van der Waals surface area contributed by atoms with Gasteiger partial charge >= 0.3 is 5.97 Å². The van der Waals surface area contributed by atoms with Crippen molar-refractivity contribution in [3.8, 4) is 0 Å². The van der Waals surface area contributed by atoms with Crippen LogP contribution in [-0.2, 0) is 17.8 Å². The summed E-state index contributed by atoms with van der Waals surface area (Å²) in [5.74, 6) is -2.10. The Hall–Kier alpha value is -2.69. The summed E-state index contributed by atoms with van der Waals surface area (Å²) < 4.78 is 29.5. The summed E-state index contributed by atoms with van der Waals surface area (Å²) in [5, 5.41) is 9.86. The van der Waals surface area contributed by atoms with Crippen LogP contribution in [0.15, 0.2) is 42.6 Å². The highest BCUT2D eigenvalue weighted by Crippen LogP contribution is 2.24. The van der Waals surface area contributed by atoms with Gasteiger partial charge in [-0.25, -0.2) is 8.78 Å². The molecule has 0 saturated carbocycles. The Bertz CT molecular complexity index is 879.